The van der Waals surface area contributed by atoms with Gasteiger partial charge >= 0.3 is 0 Å². The molecule has 0 unspecified atom stereocenters. The largest absolute Gasteiger partial charge is 0.309 e. The van der Waals surface area contributed by atoms with E-state index in [2.05, 4.69) is 24.4 Å². The molecule has 17 heavy (non-hydrogen) atoms. The minimum Gasteiger partial charge on any atom is -0.309 e. The second kappa shape index (κ2) is 7.00. The van der Waals surface area contributed by atoms with E-state index in [1.807, 2.05) is 24.8 Å². The first-order valence-corrected chi connectivity index (χ1v) is 7.34. The van der Waals surface area contributed by atoms with E-state index in [1.54, 1.807) is 0 Å². The summed E-state index contributed by atoms with van der Waals surface area (Å²) in [6, 6.07) is 1.94. The lowest BCUT2D eigenvalue weighted by Crippen LogP contribution is -2.29. The van der Waals surface area contributed by atoms with Gasteiger partial charge in [-0.15, -0.1) is 11.3 Å². The number of hydrogen-bond acceptors (Lipinski definition) is 5. The quantitative estimate of drug-likeness (QED) is 0.356. The van der Waals surface area contributed by atoms with Crippen molar-refractivity contribution in [3.05, 3.63) is 21.4 Å². The molecular weight excluding hydrogens is 254 g/mol. The number of nitrogens with zero attached hydrogens (tertiary/aromatic N) is 1. The Labute approximate surface area is 111 Å². The number of thioether (sulfide) groups is 1. The van der Waals surface area contributed by atoms with Gasteiger partial charge in [-0.1, -0.05) is 0 Å². The predicted molar refractivity (Wildman–Crippen MR) is 75.4 cm³/mol. The zero-order valence-electron chi connectivity index (χ0n) is 10.4. The van der Waals surface area contributed by atoms with E-state index in [-0.39, 0.29) is 5.91 Å². The third-order valence-corrected chi connectivity index (χ3v) is 4.39. The number of carbonyl (C=O) groups is 1. The Bertz CT molecular complexity index is 377. The molecule has 1 amide bonds. The number of amides is 1. The summed E-state index contributed by atoms with van der Waals surface area (Å²) < 4.78 is 0. The number of aryl methyl sites for hydroxylation is 1. The maximum absolute atomic E-state index is 11.4. The van der Waals surface area contributed by atoms with Crippen LogP contribution in [0.25, 0.3) is 0 Å². The highest BCUT2D eigenvalue weighted by Gasteiger charge is 2.11. The molecule has 1 aromatic heterocycles. The lowest BCUT2D eigenvalue weighted by Gasteiger charge is -2.08. The van der Waals surface area contributed by atoms with Gasteiger partial charge in [-0.2, -0.15) is 11.8 Å². The molecule has 0 radical (unpaired) electrons. The zero-order chi connectivity index (χ0) is 12.8. The van der Waals surface area contributed by atoms with Gasteiger partial charge in [-0.3, -0.25) is 10.2 Å². The van der Waals surface area contributed by atoms with Gasteiger partial charge in [0, 0.05) is 22.9 Å². The van der Waals surface area contributed by atoms with Crippen LogP contribution < -0.4 is 11.3 Å². The number of nitrogens with two attached hydrogens (primary N) is 1. The Hall–Kier alpha value is -0.560. The summed E-state index contributed by atoms with van der Waals surface area (Å²) >= 11 is 3.38. The van der Waals surface area contributed by atoms with Crippen LogP contribution in [0.4, 0.5) is 0 Å². The number of nitrogens with one attached hydrogen (secondary N) is 1. The molecule has 0 spiro atoms. The molecule has 0 atom stereocenters. The molecule has 0 aliphatic carbocycles. The smallest absolute Gasteiger partial charge is 0.275 e. The van der Waals surface area contributed by atoms with Crippen molar-refractivity contribution in [2.24, 2.45) is 5.84 Å². The monoisotopic (exact) mass is 273 g/mol. The van der Waals surface area contributed by atoms with Gasteiger partial charge in [0.2, 0.25) is 0 Å². The number of hydrogen-bond donors (Lipinski definition) is 2. The first-order chi connectivity index (χ1) is 8.04. The Morgan fingerprint density at radius 2 is 2.29 bits per heavy atom. The van der Waals surface area contributed by atoms with Crippen molar-refractivity contribution in [1.82, 2.24) is 10.3 Å². The van der Waals surface area contributed by atoms with E-state index in [0.29, 0.717) is 4.88 Å². The van der Waals surface area contributed by atoms with Crippen molar-refractivity contribution in [3.8, 4) is 0 Å². The summed E-state index contributed by atoms with van der Waals surface area (Å²) in [5, 5.41) is 0. The molecule has 1 rings (SSSR count). The maximum Gasteiger partial charge on any atom is 0.275 e. The highest BCUT2D eigenvalue weighted by atomic mass is 32.2. The Balaban J connectivity index is 2.48. The Morgan fingerprint density at radius 3 is 2.88 bits per heavy atom. The van der Waals surface area contributed by atoms with Crippen LogP contribution in [0.15, 0.2) is 6.07 Å². The van der Waals surface area contributed by atoms with Crippen molar-refractivity contribution < 1.29 is 4.79 Å². The summed E-state index contributed by atoms with van der Waals surface area (Å²) in [5.74, 6) is 6.96. The van der Waals surface area contributed by atoms with Gasteiger partial charge in [-0.05, 0) is 32.6 Å². The molecule has 0 aliphatic heterocycles. The predicted octanol–water partition coefficient (Wildman–Crippen LogP) is 1.45. The van der Waals surface area contributed by atoms with Crippen LogP contribution in [0.1, 0.15) is 20.1 Å². The van der Waals surface area contributed by atoms with Gasteiger partial charge in [0.05, 0.1) is 4.88 Å². The molecule has 4 nitrogen and oxygen atoms in total. The standard InChI is InChI=1S/C11H19N3OS2/c1-8-9(7-16-5-4-14(2)3)6-10(17-8)11(15)13-12/h6H,4-5,7,12H2,1-3H3,(H,13,15). The number of nitrogen functional groups attached to an aromatic ring is 1. The Morgan fingerprint density at radius 1 is 1.59 bits per heavy atom. The third kappa shape index (κ3) is 4.67. The van der Waals surface area contributed by atoms with Crippen LogP contribution in [0.3, 0.4) is 0 Å². The van der Waals surface area contributed by atoms with Crippen LogP contribution in [-0.4, -0.2) is 37.2 Å². The molecule has 6 heteroatoms. The summed E-state index contributed by atoms with van der Waals surface area (Å²) in [5.41, 5.74) is 3.40. The minimum atomic E-state index is -0.206. The summed E-state index contributed by atoms with van der Waals surface area (Å²) in [4.78, 5) is 15.4. The average molecular weight is 273 g/mol. The fourth-order valence-electron chi connectivity index (χ4n) is 1.28. The second-order valence-electron chi connectivity index (χ2n) is 4.02. The molecule has 0 saturated heterocycles. The minimum absolute atomic E-state index is 0.206. The number of carbonyl (C=O) groups excluding carboxylic acids is 1. The van der Waals surface area contributed by atoms with Gasteiger partial charge < -0.3 is 4.90 Å². The molecule has 0 fully saturated rings. The third-order valence-electron chi connectivity index (χ3n) is 2.32. The van der Waals surface area contributed by atoms with Gasteiger partial charge in [-0.25, -0.2) is 5.84 Å². The van der Waals surface area contributed by atoms with E-state index in [4.69, 9.17) is 5.84 Å². The van der Waals surface area contributed by atoms with Crippen LogP contribution in [0.2, 0.25) is 0 Å². The normalized spacial score (nSPS) is 10.9. The highest BCUT2D eigenvalue weighted by Crippen LogP contribution is 2.25. The number of thiophene rings is 1. The van der Waals surface area contributed by atoms with Crippen molar-refractivity contribution in [3.63, 3.8) is 0 Å². The van der Waals surface area contributed by atoms with Gasteiger partial charge in [0.1, 0.15) is 0 Å². The van der Waals surface area contributed by atoms with E-state index < -0.39 is 0 Å². The number of hydrazine groups is 1. The molecule has 1 aromatic rings. The van der Waals surface area contributed by atoms with E-state index in [9.17, 15) is 4.79 Å². The molecule has 0 bridgehead atoms. The first kappa shape index (κ1) is 14.5. The first-order valence-electron chi connectivity index (χ1n) is 5.37. The highest BCUT2D eigenvalue weighted by molar-refractivity contribution is 7.98. The molecular formula is C11H19N3OS2. The molecule has 0 aliphatic rings. The average Bonchev–Trinajstić information content (AvgIpc) is 2.65. The second-order valence-corrected chi connectivity index (χ2v) is 6.38. The van der Waals surface area contributed by atoms with Crippen LogP contribution in [-0.2, 0) is 5.75 Å². The van der Waals surface area contributed by atoms with E-state index in [0.717, 1.165) is 18.1 Å². The maximum atomic E-state index is 11.4. The summed E-state index contributed by atoms with van der Waals surface area (Å²) in [7, 11) is 4.14. The molecule has 3 N–H and O–H groups in total. The van der Waals surface area contributed by atoms with Crippen molar-refractivity contribution in [2.75, 3.05) is 26.4 Å². The number of rotatable bonds is 6. The van der Waals surface area contributed by atoms with Gasteiger partial charge in [0.25, 0.3) is 5.91 Å². The molecule has 1 heterocycles. The molecule has 0 saturated carbocycles. The van der Waals surface area contributed by atoms with Crippen LogP contribution >= 0.6 is 23.1 Å². The molecule has 96 valence electrons. The SMILES string of the molecule is Cc1sc(C(=O)NN)cc1CSCCN(C)C. The summed E-state index contributed by atoms with van der Waals surface area (Å²) in [6.07, 6.45) is 0. The van der Waals surface area contributed by atoms with Crippen LogP contribution in [0.5, 0.6) is 0 Å². The van der Waals surface area contributed by atoms with Gasteiger partial charge in [0.15, 0.2) is 0 Å². The summed E-state index contributed by atoms with van der Waals surface area (Å²) in [6.45, 7) is 3.11. The van der Waals surface area contributed by atoms with E-state index >= 15 is 0 Å². The fraction of sp³-hybridized carbons (Fsp3) is 0.545. The van der Waals surface area contributed by atoms with Crippen molar-refractivity contribution in [1.29, 1.82) is 0 Å². The van der Waals surface area contributed by atoms with Crippen molar-refractivity contribution >= 4 is 29.0 Å². The van der Waals surface area contributed by atoms with Crippen molar-refractivity contribution in [2.45, 2.75) is 12.7 Å². The topological polar surface area (TPSA) is 58.4 Å². The Kier molecular flexibility index (Phi) is 5.97. The molecule has 0 aromatic carbocycles. The fourth-order valence-corrected chi connectivity index (χ4v) is 3.47. The zero-order valence-corrected chi connectivity index (χ0v) is 12.1. The lowest BCUT2D eigenvalue weighted by atomic mass is 10.3. The van der Waals surface area contributed by atoms with Crippen LogP contribution in [0, 0.1) is 6.92 Å². The lowest BCUT2D eigenvalue weighted by molar-refractivity contribution is 0.0957. The van der Waals surface area contributed by atoms with E-state index in [1.165, 1.54) is 21.8 Å².